The summed E-state index contributed by atoms with van der Waals surface area (Å²) in [4.78, 5) is 32.1. The maximum Gasteiger partial charge on any atom is 0.233 e. The third kappa shape index (κ3) is 3.53. The highest BCUT2D eigenvalue weighted by Gasteiger charge is 2.48. The number of aryl methyl sites for hydroxylation is 1. The molecule has 28 heavy (non-hydrogen) atoms. The van der Waals surface area contributed by atoms with E-state index in [-0.39, 0.29) is 23.1 Å². The fourth-order valence-electron chi connectivity index (χ4n) is 4.39. The van der Waals surface area contributed by atoms with Gasteiger partial charge in [0.15, 0.2) is 0 Å². The number of nitrogens with one attached hydrogen (secondary N) is 1. The Hall–Kier alpha value is -2.69. The number of hydrogen-bond donors (Lipinski definition) is 1. The molecule has 146 valence electrons. The molecule has 2 aliphatic rings. The number of hydrogen-bond acceptors (Lipinski definition) is 3. The van der Waals surface area contributed by atoms with Crippen molar-refractivity contribution in [3.05, 3.63) is 59.8 Å². The van der Waals surface area contributed by atoms with Crippen LogP contribution in [-0.4, -0.2) is 34.8 Å². The van der Waals surface area contributed by atoms with Gasteiger partial charge in [0.25, 0.3) is 0 Å². The second-order valence-corrected chi connectivity index (χ2v) is 8.08. The molecular weight excluding hydrogens is 350 g/mol. The molecule has 2 fully saturated rings. The first-order valence-electron chi connectivity index (χ1n) is 10.2. The van der Waals surface area contributed by atoms with Gasteiger partial charge in [-0.1, -0.05) is 36.8 Å². The number of nitrogens with zero attached hydrogens (tertiary/aromatic N) is 2. The Balaban J connectivity index is 1.37. The molecule has 0 unspecified atom stereocenters. The average Bonchev–Trinajstić information content (AvgIpc) is 2.68. The first-order chi connectivity index (χ1) is 13.6. The fourth-order valence-corrected chi connectivity index (χ4v) is 4.39. The van der Waals surface area contributed by atoms with E-state index in [1.54, 1.807) is 6.20 Å². The quantitative estimate of drug-likeness (QED) is 0.884. The minimum absolute atomic E-state index is 0.00613. The molecule has 2 aromatic rings. The van der Waals surface area contributed by atoms with E-state index < -0.39 is 0 Å². The Morgan fingerprint density at radius 2 is 1.82 bits per heavy atom. The number of benzene rings is 1. The topological polar surface area (TPSA) is 62.3 Å². The summed E-state index contributed by atoms with van der Waals surface area (Å²) in [5, 5.41) is 2.92. The van der Waals surface area contributed by atoms with Crippen molar-refractivity contribution >= 4 is 17.6 Å². The Kier molecular flexibility index (Phi) is 5.16. The van der Waals surface area contributed by atoms with E-state index in [2.05, 4.69) is 22.4 Å². The summed E-state index contributed by atoms with van der Waals surface area (Å²) in [5.41, 5.74) is 1.86. The van der Waals surface area contributed by atoms with Crippen molar-refractivity contribution in [2.75, 3.05) is 18.4 Å². The number of pyridine rings is 1. The van der Waals surface area contributed by atoms with Crippen LogP contribution in [0.25, 0.3) is 0 Å². The standard InChI is InChI=1S/C23H27N3O2/c1-17-8-13-24-20(16-17)25-21(27)18-9-14-26(15-10-18)22(28)23(11-5-12-23)19-6-3-2-4-7-19/h2-4,6-8,13,16,18H,5,9-12,14-15H2,1H3,(H,24,25,27). The summed E-state index contributed by atoms with van der Waals surface area (Å²) in [7, 11) is 0. The van der Waals surface area contributed by atoms with E-state index in [1.165, 1.54) is 0 Å². The number of anilines is 1. The van der Waals surface area contributed by atoms with Gasteiger partial charge in [0.05, 0.1) is 5.41 Å². The van der Waals surface area contributed by atoms with Crippen molar-refractivity contribution in [1.82, 2.24) is 9.88 Å². The summed E-state index contributed by atoms with van der Waals surface area (Å²) in [5.74, 6) is 0.775. The van der Waals surface area contributed by atoms with Crippen LogP contribution in [0.5, 0.6) is 0 Å². The molecule has 4 rings (SSSR count). The molecule has 0 spiro atoms. The molecule has 1 saturated carbocycles. The molecule has 0 bridgehead atoms. The van der Waals surface area contributed by atoms with Crippen molar-refractivity contribution in [2.24, 2.45) is 5.92 Å². The van der Waals surface area contributed by atoms with E-state index in [0.717, 1.165) is 30.4 Å². The van der Waals surface area contributed by atoms with Crippen LogP contribution in [0.2, 0.25) is 0 Å². The summed E-state index contributed by atoms with van der Waals surface area (Å²) < 4.78 is 0. The van der Waals surface area contributed by atoms with Gasteiger partial charge < -0.3 is 10.2 Å². The largest absolute Gasteiger partial charge is 0.342 e. The van der Waals surface area contributed by atoms with Crippen molar-refractivity contribution < 1.29 is 9.59 Å². The van der Waals surface area contributed by atoms with Gasteiger partial charge in [0, 0.05) is 25.2 Å². The second kappa shape index (κ2) is 7.74. The van der Waals surface area contributed by atoms with Crippen LogP contribution in [0.3, 0.4) is 0 Å². The summed E-state index contributed by atoms with van der Waals surface area (Å²) in [6.45, 7) is 3.27. The molecule has 1 aliphatic carbocycles. The second-order valence-electron chi connectivity index (χ2n) is 8.08. The monoisotopic (exact) mass is 377 g/mol. The number of carbonyl (C=O) groups excluding carboxylic acids is 2. The summed E-state index contributed by atoms with van der Waals surface area (Å²) in [6.07, 6.45) is 6.06. The summed E-state index contributed by atoms with van der Waals surface area (Å²) in [6, 6.07) is 13.9. The highest BCUT2D eigenvalue weighted by molar-refractivity contribution is 5.92. The maximum atomic E-state index is 13.3. The van der Waals surface area contributed by atoms with Crippen molar-refractivity contribution in [1.29, 1.82) is 0 Å². The molecule has 2 heterocycles. The molecule has 1 N–H and O–H groups in total. The van der Waals surface area contributed by atoms with Crippen molar-refractivity contribution in [3.8, 4) is 0 Å². The zero-order chi connectivity index (χ0) is 19.6. The predicted octanol–water partition coefficient (Wildman–Crippen LogP) is 3.69. The Morgan fingerprint density at radius 3 is 2.43 bits per heavy atom. The number of piperidine rings is 1. The van der Waals surface area contributed by atoms with Crippen molar-refractivity contribution in [3.63, 3.8) is 0 Å². The van der Waals surface area contributed by atoms with E-state index in [1.807, 2.05) is 42.2 Å². The molecule has 5 nitrogen and oxygen atoms in total. The van der Waals surface area contributed by atoms with Crippen LogP contribution in [0.15, 0.2) is 48.7 Å². The van der Waals surface area contributed by atoms with E-state index >= 15 is 0 Å². The van der Waals surface area contributed by atoms with Gasteiger partial charge in [-0.2, -0.15) is 0 Å². The van der Waals surface area contributed by atoms with Gasteiger partial charge in [0.1, 0.15) is 5.82 Å². The Morgan fingerprint density at radius 1 is 1.11 bits per heavy atom. The molecular formula is C23H27N3O2. The molecule has 1 saturated heterocycles. The van der Waals surface area contributed by atoms with Crippen molar-refractivity contribution in [2.45, 2.75) is 44.4 Å². The number of likely N-dealkylation sites (tertiary alicyclic amines) is 1. The Bertz CT molecular complexity index is 853. The lowest BCUT2D eigenvalue weighted by atomic mass is 9.63. The van der Waals surface area contributed by atoms with E-state index in [9.17, 15) is 9.59 Å². The lowest BCUT2D eigenvalue weighted by Crippen LogP contribution is -2.53. The SMILES string of the molecule is Cc1ccnc(NC(=O)C2CCN(C(=O)C3(c4ccccc4)CCC3)CC2)c1. The van der Waals surface area contributed by atoms with Crippen LogP contribution < -0.4 is 5.32 Å². The number of rotatable bonds is 4. The van der Waals surface area contributed by atoms with Crippen LogP contribution >= 0.6 is 0 Å². The minimum atomic E-state index is -0.345. The molecule has 0 atom stereocenters. The Labute approximate surface area is 166 Å². The lowest BCUT2D eigenvalue weighted by molar-refractivity contribution is -0.143. The van der Waals surface area contributed by atoms with Gasteiger partial charge in [-0.15, -0.1) is 0 Å². The third-order valence-electron chi connectivity index (χ3n) is 6.26. The number of amides is 2. The minimum Gasteiger partial charge on any atom is -0.342 e. The zero-order valence-electron chi connectivity index (χ0n) is 16.4. The first kappa shape index (κ1) is 18.7. The molecule has 1 aliphatic heterocycles. The molecule has 1 aromatic heterocycles. The van der Waals surface area contributed by atoms with Gasteiger partial charge in [-0.3, -0.25) is 9.59 Å². The van der Waals surface area contributed by atoms with Crippen LogP contribution in [-0.2, 0) is 15.0 Å². The number of aromatic nitrogens is 1. The van der Waals surface area contributed by atoms with Gasteiger partial charge in [-0.25, -0.2) is 4.98 Å². The van der Waals surface area contributed by atoms with Crippen LogP contribution in [0.1, 0.15) is 43.2 Å². The maximum absolute atomic E-state index is 13.3. The number of carbonyl (C=O) groups is 2. The summed E-state index contributed by atoms with van der Waals surface area (Å²) >= 11 is 0. The molecule has 2 amide bonds. The van der Waals surface area contributed by atoms with Gasteiger partial charge in [-0.05, 0) is 55.9 Å². The molecule has 0 radical (unpaired) electrons. The average molecular weight is 377 g/mol. The van der Waals surface area contributed by atoms with E-state index in [0.29, 0.717) is 31.7 Å². The van der Waals surface area contributed by atoms with E-state index in [4.69, 9.17) is 0 Å². The third-order valence-corrected chi connectivity index (χ3v) is 6.26. The molecule has 1 aromatic carbocycles. The predicted molar refractivity (Wildman–Crippen MR) is 109 cm³/mol. The fraction of sp³-hybridized carbons (Fsp3) is 0.435. The van der Waals surface area contributed by atoms with Crippen LogP contribution in [0.4, 0.5) is 5.82 Å². The normalized spacial score (nSPS) is 19.0. The van der Waals surface area contributed by atoms with Gasteiger partial charge >= 0.3 is 0 Å². The van der Waals surface area contributed by atoms with Crippen LogP contribution in [0, 0.1) is 12.8 Å². The molecule has 5 heteroatoms. The van der Waals surface area contributed by atoms with Gasteiger partial charge in [0.2, 0.25) is 11.8 Å². The zero-order valence-corrected chi connectivity index (χ0v) is 16.4. The first-order valence-corrected chi connectivity index (χ1v) is 10.2. The highest BCUT2D eigenvalue weighted by Crippen LogP contribution is 2.45. The smallest absolute Gasteiger partial charge is 0.233 e. The lowest BCUT2D eigenvalue weighted by Gasteiger charge is -2.45. The highest BCUT2D eigenvalue weighted by atomic mass is 16.2.